The summed E-state index contributed by atoms with van der Waals surface area (Å²) in [6.45, 7) is 0.195. The summed E-state index contributed by atoms with van der Waals surface area (Å²) in [4.78, 5) is 0. The second kappa shape index (κ2) is 12.1. The average molecular weight is 425 g/mol. The average Bonchev–Trinajstić information content (AvgIpc) is 2.79. The Morgan fingerprint density at radius 2 is 1.16 bits per heavy atom. The van der Waals surface area contributed by atoms with Crippen molar-refractivity contribution >= 4 is 0 Å². The van der Waals surface area contributed by atoms with E-state index < -0.39 is 6.61 Å². The largest absolute Gasteiger partial charge is 0.494 e. The third-order valence-corrected chi connectivity index (χ3v) is 5.26. The van der Waals surface area contributed by atoms with Crippen molar-refractivity contribution in [1.29, 1.82) is 0 Å². The minimum absolute atomic E-state index is 0.170. The van der Waals surface area contributed by atoms with Crippen molar-refractivity contribution in [2.75, 3.05) is 6.61 Å². The molecule has 0 bridgehead atoms. The number of ether oxygens (including phenoxy) is 2. The summed E-state index contributed by atoms with van der Waals surface area (Å²) < 4.78 is 34.7. The molecule has 0 N–H and O–H groups in total. The fourth-order valence-electron chi connectivity index (χ4n) is 3.45. The van der Waals surface area contributed by atoms with E-state index in [9.17, 15) is 8.78 Å². The summed E-state index contributed by atoms with van der Waals surface area (Å²) in [6, 6.07) is 23.5. The Balaban J connectivity index is 1.46. The lowest BCUT2D eigenvalue weighted by atomic mass is 10.0. The number of aryl methyl sites for hydroxylation is 2. The van der Waals surface area contributed by atoms with Crippen molar-refractivity contribution in [2.45, 2.75) is 52.1 Å². The van der Waals surface area contributed by atoms with E-state index in [1.54, 1.807) is 24.3 Å². The van der Waals surface area contributed by atoms with Crippen LogP contribution in [0.2, 0.25) is 0 Å². The molecule has 0 spiro atoms. The van der Waals surface area contributed by atoms with Gasteiger partial charge in [-0.05, 0) is 65.8 Å². The lowest BCUT2D eigenvalue weighted by molar-refractivity contribution is -0.0498. The van der Waals surface area contributed by atoms with Crippen LogP contribution in [-0.4, -0.2) is 13.2 Å². The van der Waals surface area contributed by atoms with Crippen LogP contribution in [0.3, 0.4) is 0 Å². The van der Waals surface area contributed by atoms with E-state index in [0.717, 1.165) is 42.7 Å². The predicted octanol–water partition coefficient (Wildman–Crippen LogP) is 7.70. The van der Waals surface area contributed by atoms with E-state index in [1.165, 1.54) is 30.4 Å². The Labute approximate surface area is 183 Å². The number of hydrogen-bond acceptors (Lipinski definition) is 2. The lowest BCUT2D eigenvalue weighted by Gasteiger charge is -2.08. The van der Waals surface area contributed by atoms with Crippen molar-refractivity contribution in [3.63, 3.8) is 0 Å². The zero-order valence-corrected chi connectivity index (χ0v) is 18.0. The molecule has 0 saturated carbocycles. The first-order valence-electron chi connectivity index (χ1n) is 11.0. The minimum atomic E-state index is -2.80. The smallest absolute Gasteiger partial charge is 0.387 e. The number of halogens is 2. The van der Waals surface area contributed by atoms with Gasteiger partial charge in [-0.2, -0.15) is 8.78 Å². The van der Waals surface area contributed by atoms with Gasteiger partial charge >= 0.3 is 6.61 Å². The Hall–Kier alpha value is -2.88. The van der Waals surface area contributed by atoms with Crippen LogP contribution >= 0.6 is 0 Å². The molecule has 3 aromatic rings. The molecular weight excluding hydrogens is 394 g/mol. The molecule has 0 fully saturated rings. The van der Waals surface area contributed by atoms with Crippen LogP contribution < -0.4 is 9.47 Å². The molecule has 2 nitrogen and oxygen atoms in total. The molecule has 0 unspecified atom stereocenters. The topological polar surface area (TPSA) is 18.5 Å². The molecule has 0 amide bonds. The maximum Gasteiger partial charge on any atom is 0.387 e. The van der Waals surface area contributed by atoms with Crippen LogP contribution in [0.4, 0.5) is 8.78 Å². The third kappa shape index (κ3) is 7.71. The van der Waals surface area contributed by atoms with Gasteiger partial charge in [0.25, 0.3) is 0 Å². The monoisotopic (exact) mass is 424 g/mol. The van der Waals surface area contributed by atoms with Crippen molar-refractivity contribution in [3.8, 4) is 22.6 Å². The molecule has 3 rings (SSSR count). The Morgan fingerprint density at radius 1 is 0.645 bits per heavy atom. The highest BCUT2D eigenvalue weighted by Crippen LogP contribution is 2.24. The van der Waals surface area contributed by atoms with E-state index in [-0.39, 0.29) is 5.75 Å². The highest BCUT2D eigenvalue weighted by molar-refractivity contribution is 5.64. The van der Waals surface area contributed by atoms with Gasteiger partial charge in [0, 0.05) is 0 Å². The van der Waals surface area contributed by atoms with Gasteiger partial charge in [-0.25, -0.2) is 0 Å². The molecule has 0 saturated heterocycles. The van der Waals surface area contributed by atoms with Gasteiger partial charge in [0.15, 0.2) is 0 Å². The maximum atomic E-state index is 12.3. The molecule has 0 aliphatic heterocycles. The molecule has 0 atom stereocenters. The summed E-state index contributed by atoms with van der Waals surface area (Å²) in [7, 11) is 0. The van der Waals surface area contributed by atoms with Crippen LogP contribution in [-0.2, 0) is 12.8 Å². The van der Waals surface area contributed by atoms with Crippen LogP contribution in [0, 0.1) is 0 Å². The highest BCUT2D eigenvalue weighted by atomic mass is 19.3. The van der Waals surface area contributed by atoms with Crippen LogP contribution in [0.1, 0.15) is 43.7 Å². The molecule has 31 heavy (non-hydrogen) atoms. The van der Waals surface area contributed by atoms with Gasteiger partial charge in [0.05, 0.1) is 6.61 Å². The first-order valence-corrected chi connectivity index (χ1v) is 11.0. The van der Waals surface area contributed by atoms with Gasteiger partial charge < -0.3 is 9.47 Å². The maximum absolute atomic E-state index is 12.3. The van der Waals surface area contributed by atoms with Gasteiger partial charge in [0.2, 0.25) is 0 Å². The summed E-state index contributed by atoms with van der Waals surface area (Å²) in [5.41, 5.74) is 4.57. The van der Waals surface area contributed by atoms with E-state index in [2.05, 4.69) is 60.2 Å². The van der Waals surface area contributed by atoms with Gasteiger partial charge in [-0.3, -0.25) is 0 Å². The second-order valence-electron chi connectivity index (χ2n) is 7.65. The Bertz CT molecular complexity index is 888. The van der Waals surface area contributed by atoms with Crippen molar-refractivity contribution in [1.82, 2.24) is 0 Å². The standard InChI is InChI=1S/C27H30F2O2/c1-2-3-4-5-20-30-25-16-10-22(11-17-25)7-6-21-8-12-23(13-9-21)24-14-18-26(19-15-24)31-27(28)29/h8-19,27H,2-7,20H2,1H3. The lowest BCUT2D eigenvalue weighted by Crippen LogP contribution is -2.01. The number of hydrogen-bond donors (Lipinski definition) is 0. The zero-order valence-electron chi connectivity index (χ0n) is 18.0. The first-order chi connectivity index (χ1) is 15.1. The number of benzene rings is 3. The molecule has 0 aromatic heterocycles. The Kier molecular flexibility index (Phi) is 8.89. The molecular formula is C27H30F2O2. The van der Waals surface area contributed by atoms with E-state index in [0.29, 0.717) is 0 Å². The molecule has 0 aliphatic carbocycles. The zero-order chi connectivity index (χ0) is 21.9. The summed E-state index contributed by atoms with van der Waals surface area (Å²) >= 11 is 0. The molecule has 4 heteroatoms. The fraction of sp³-hybridized carbons (Fsp3) is 0.333. The summed E-state index contributed by atoms with van der Waals surface area (Å²) in [5, 5.41) is 0. The number of unbranched alkanes of at least 4 members (excludes halogenated alkanes) is 3. The van der Waals surface area contributed by atoms with E-state index >= 15 is 0 Å². The number of alkyl halides is 2. The van der Waals surface area contributed by atoms with Gasteiger partial charge in [-0.1, -0.05) is 74.7 Å². The molecule has 164 valence electrons. The van der Waals surface area contributed by atoms with Gasteiger partial charge in [-0.15, -0.1) is 0 Å². The van der Waals surface area contributed by atoms with Crippen molar-refractivity contribution < 1.29 is 18.3 Å². The third-order valence-electron chi connectivity index (χ3n) is 5.26. The van der Waals surface area contributed by atoms with Crippen LogP contribution in [0.15, 0.2) is 72.8 Å². The van der Waals surface area contributed by atoms with Crippen LogP contribution in [0.25, 0.3) is 11.1 Å². The van der Waals surface area contributed by atoms with Crippen LogP contribution in [0.5, 0.6) is 11.5 Å². The SMILES string of the molecule is CCCCCCOc1ccc(CCc2ccc(-c3ccc(OC(F)F)cc3)cc2)cc1. The number of rotatable bonds is 12. The second-order valence-corrected chi connectivity index (χ2v) is 7.65. The van der Waals surface area contributed by atoms with Crippen molar-refractivity contribution in [3.05, 3.63) is 83.9 Å². The molecule has 0 heterocycles. The molecule has 0 aliphatic rings. The summed E-state index contributed by atoms with van der Waals surface area (Å²) in [5.74, 6) is 1.11. The van der Waals surface area contributed by atoms with Gasteiger partial charge in [0.1, 0.15) is 11.5 Å². The normalized spacial score (nSPS) is 11.0. The quantitative estimate of drug-likeness (QED) is 0.277. The minimum Gasteiger partial charge on any atom is -0.494 e. The van der Waals surface area contributed by atoms with E-state index in [4.69, 9.17) is 4.74 Å². The van der Waals surface area contributed by atoms with E-state index in [1.807, 2.05) is 0 Å². The molecule has 0 radical (unpaired) electrons. The Morgan fingerprint density at radius 3 is 1.71 bits per heavy atom. The molecule has 3 aromatic carbocycles. The summed E-state index contributed by atoms with van der Waals surface area (Å²) in [6.07, 6.45) is 6.77. The fourth-order valence-corrected chi connectivity index (χ4v) is 3.45. The first kappa shape index (κ1) is 22.8. The highest BCUT2D eigenvalue weighted by Gasteiger charge is 2.05. The predicted molar refractivity (Wildman–Crippen MR) is 122 cm³/mol. The van der Waals surface area contributed by atoms with Crippen molar-refractivity contribution in [2.24, 2.45) is 0 Å².